The van der Waals surface area contributed by atoms with E-state index in [0.29, 0.717) is 5.01 Å². The van der Waals surface area contributed by atoms with Gasteiger partial charge in [0.1, 0.15) is 5.01 Å². The molecule has 1 aromatic heterocycles. The molecule has 0 atom stereocenters. The first-order chi connectivity index (χ1) is 7.07. The predicted molar refractivity (Wildman–Crippen MR) is 58.9 cm³/mol. The average Bonchev–Trinajstić information content (AvgIpc) is 2.67. The van der Waals surface area contributed by atoms with Crippen LogP contribution in [0.4, 0.5) is 0 Å². The van der Waals surface area contributed by atoms with Crippen molar-refractivity contribution in [3.05, 3.63) is 36.5 Å². The van der Waals surface area contributed by atoms with Gasteiger partial charge in [0.2, 0.25) is 10.0 Å². The van der Waals surface area contributed by atoms with Gasteiger partial charge in [0.05, 0.1) is 6.20 Å². The Hall–Kier alpha value is -1.24. The van der Waals surface area contributed by atoms with Crippen LogP contribution < -0.4 is 5.14 Å². The van der Waals surface area contributed by atoms with E-state index in [0.717, 1.165) is 16.9 Å². The number of primary sulfonamides is 1. The topological polar surface area (TPSA) is 73.1 Å². The minimum atomic E-state index is -3.63. The van der Waals surface area contributed by atoms with Crippen molar-refractivity contribution >= 4 is 21.4 Å². The molecule has 2 N–H and O–H groups in total. The van der Waals surface area contributed by atoms with Gasteiger partial charge in [-0.15, -0.1) is 11.3 Å². The highest BCUT2D eigenvalue weighted by atomic mass is 32.2. The van der Waals surface area contributed by atoms with Crippen LogP contribution in [0.1, 0.15) is 0 Å². The number of thiazole rings is 1. The molecule has 1 aromatic carbocycles. The van der Waals surface area contributed by atoms with Crippen molar-refractivity contribution in [2.24, 2.45) is 5.14 Å². The summed E-state index contributed by atoms with van der Waals surface area (Å²) in [5, 5.41) is 5.64. The monoisotopic (exact) mass is 240 g/mol. The van der Waals surface area contributed by atoms with Gasteiger partial charge in [-0.2, -0.15) is 0 Å². The van der Waals surface area contributed by atoms with Gasteiger partial charge in [0, 0.05) is 5.56 Å². The number of hydrogen-bond acceptors (Lipinski definition) is 4. The summed E-state index contributed by atoms with van der Waals surface area (Å²) in [6.07, 6.45) is 1.28. The van der Waals surface area contributed by atoms with Crippen molar-refractivity contribution in [2.45, 2.75) is 4.21 Å². The Kier molecular flexibility index (Phi) is 2.56. The quantitative estimate of drug-likeness (QED) is 0.863. The number of hydrogen-bond donors (Lipinski definition) is 1. The number of nitrogens with zero attached hydrogens (tertiary/aromatic N) is 1. The van der Waals surface area contributed by atoms with Gasteiger partial charge < -0.3 is 0 Å². The molecule has 0 aliphatic rings. The standard InChI is InChI=1S/C9H8N2O2S2/c10-15(12,13)8-6-11-9(14-8)7-4-2-1-3-5-7/h1-6H,(H2,10,12,13). The zero-order chi connectivity index (χ0) is 10.9. The van der Waals surface area contributed by atoms with E-state index >= 15 is 0 Å². The molecule has 0 radical (unpaired) electrons. The molecule has 0 bridgehead atoms. The van der Waals surface area contributed by atoms with Gasteiger partial charge in [-0.25, -0.2) is 18.5 Å². The van der Waals surface area contributed by atoms with Crippen LogP contribution in [0.15, 0.2) is 40.7 Å². The van der Waals surface area contributed by atoms with Crippen LogP contribution in [0.2, 0.25) is 0 Å². The second kappa shape index (κ2) is 3.73. The second-order valence-electron chi connectivity index (χ2n) is 2.90. The summed E-state index contributed by atoms with van der Waals surface area (Å²) < 4.78 is 22.1. The normalized spacial score (nSPS) is 11.5. The summed E-state index contributed by atoms with van der Waals surface area (Å²) in [4.78, 5) is 4.01. The van der Waals surface area contributed by atoms with Crippen molar-refractivity contribution in [3.63, 3.8) is 0 Å². The van der Waals surface area contributed by atoms with Crippen molar-refractivity contribution < 1.29 is 8.42 Å². The molecule has 0 saturated carbocycles. The molecule has 78 valence electrons. The SMILES string of the molecule is NS(=O)(=O)c1cnc(-c2ccccc2)s1. The Morgan fingerprint density at radius 3 is 2.40 bits per heavy atom. The predicted octanol–water partition coefficient (Wildman–Crippen LogP) is 1.46. The maximum absolute atomic E-state index is 11.0. The summed E-state index contributed by atoms with van der Waals surface area (Å²) in [5.74, 6) is 0. The molecule has 2 aromatic rings. The zero-order valence-corrected chi connectivity index (χ0v) is 9.25. The molecule has 2 rings (SSSR count). The number of sulfonamides is 1. The smallest absolute Gasteiger partial charge is 0.243 e. The lowest BCUT2D eigenvalue weighted by Crippen LogP contribution is -2.09. The molecule has 1 heterocycles. The molecular weight excluding hydrogens is 232 g/mol. The lowest BCUT2D eigenvalue weighted by molar-refractivity contribution is 0.599. The molecule has 0 spiro atoms. The van der Waals surface area contributed by atoms with Crippen LogP contribution in [-0.2, 0) is 10.0 Å². The fourth-order valence-electron chi connectivity index (χ4n) is 1.11. The molecule has 0 aliphatic carbocycles. The van der Waals surface area contributed by atoms with E-state index in [1.54, 1.807) is 0 Å². The minimum Gasteiger partial charge on any atom is -0.243 e. The molecule has 0 fully saturated rings. The first-order valence-electron chi connectivity index (χ1n) is 4.11. The second-order valence-corrected chi connectivity index (χ2v) is 5.71. The van der Waals surface area contributed by atoms with Gasteiger partial charge >= 0.3 is 0 Å². The molecule has 15 heavy (non-hydrogen) atoms. The maximum atomic E-state index is 11.0. The Bertz CT molecular complexity index is 561. The van der Waals surface area contributed by atoms with Crippen LogP contribution in [-0.4, -0.2) is 13.4 Å². The third kappa shape index (κ3) is 2.23. The number of aromatic nitrogens is 1. The van der Waals surface area contributed by atoms with E-state index in [9.17, 15) is 8.42 Å². The number of rotatable bonds is 2. The Labute approximate surface area is 91.4 Å². The Balaban J connectivity index is 2.46. The van der Waals surface area contributed by atoms with Crippen LogP contribution in [0.3, 0.4) is 0 Å². The molecule has 0 unspecified atom stereocenters. The van der Waals surface area contributed by atoms with Crippen LogP contribution in [0, 0.1) is 0 Å². The zero-order valence-electron chi connectivity index (χ0n) is 7.62. The lowest BCUT2D eigenvalue weighted by Gasteiger charge is -1.92. The Morgan fingerprint density at radius 2 is 1.87 bits per heavy atom. The highest BCUT2D eigenvalue weighted by Crippen LogP contribution is 2.26. The average molecular weight is 240 g/mol. The molecule has 4 nitrogen and oxygen atoms in total. The molecule has 6 heteroatoms. The van der Waals surface area contributed by atoms with E-state index < -0.39 is 10.0 Å². The molecule has 0 aliphatic heterocycles. The third-order valence-corrected chi connectivity index (χ3v) is 4.24. The van der Waals surface area contributed by atoms with E-state index in [2.05, 4.69) is 4.98 Å². The number of benzene rings is 1. The summed E-state index contributed by atoms with van der Waals surface area (Å²) >= 11 is 1.07. The van der Waals surface area contributed by atoms with Gasteiger partial charge in [0.15, 0.2) is 4.21 Å². The van der Waals surface area contributed by atoms with E-state index in [-0.39, 0.29) is 4.21 Å². The van der Waals surface area contributed by atoms with E-state index in [1.807, 2.05) is 30.3 Å². The highest BCUT2D eigenvalue weighted by Gasteiger charge is 2.12. The van der Waals surface area contributed by atoms with E-state index in [1.165, 1.54) is 6.20 Å². The summed E-state index contributed by atoms with van der Waals surface area (Å²) in [5.41, 5.74) is 0.886. The molecule has 0 saturated heterocycles. The maximum Gasteiger partial charge on any atom is 0.249 e. The molecular formula is C9H8N2O2S2. The summed E-state index contributed by atoms with van der Waals surface area (Å²) in [6.45, 7) is 0. The fraction of sp³-hybridized carbons (Fsp3) is 0. The van der Waals surface area contributed by atoms with Gasteiger partial charge in [0.25, 0.3) is 0 Å². The molecule has 0 amide bonds. The van der Waals surface area contributed by atoms with Gasteiger partial charge in [-0.1, -0.05) is 30.3 Å². The number of nitrogens with two attached hydrogens (primary N) is 1. The van der Waals surface area contributed by atoms with Crippen LogP contribution in [0.25, 0.3) is 10.6 Å². The lowest BCUT2D eigenvalue weighted by atomic mass is 10.2. The van der Waals surface area contributed by atoms with Crippen LogP contribution in [0.5, 0.6) is 0 Å². The minimum absolute atomic E-state index is 0.0846. The van der Waals surface area contributed by atoms with Crippen molar-refractivity contribution in [1.82, 2.24) is 4.98 Å². The summed E-state index contributed by atoms with van der Waals surface area (Å²) in [7, 11) is -3.63. The van der Waals surface area contributed by atoms with Gasteiger partial charge in [-0.3, -0.25) is 0 Å². The fourth-order valence-corrected chi connectivity index (χ4v) is 2.66. The first kappa shape index (κ1) is 10.3. The first-order valence-corrected chi connectivity index (χ1v) is 6.48. The van der Waals surface area contributed by atoms with Crippen molar-refractivity contribution in [1.29, 1.82) is 0 Å². The summed E-state index contributed by atoms with van der Waals surface area (Å²) in [6, 6.07) is 9.36. The highest BCUT2D eigenvalue weighted by molar-refractivity contribution is 7.91. The van der Waals surface area contributed by atoms with E-state index in [4.69, 9.17) is 5.14 Å². The van der Waals surface area contributed by atoms with Crippen LogP contribution >= 0.6 is 11.3 Å². The van der Waals surface area contributed by atoms with Gasteiger partial charge in [-0.05, 0) is 0 Å². The largest absolute Gasteiger partial charge is 0.249 e. The Morgan fingerprint density at radius 1 is 1.20 bits per heavy atom. The van der Waals surface area contributed by atoms with Crippen molar-refractivity contribution in [2.75, 3.05) is 0 Å². The third-order valence-electron chi connectivity index (χ3n) is 1.79. The van der Waals surface area contributed by atoms with Crippen molar-refractivity contribution in [3.8, 4) is 10.6 Å².